The third-order valence-corrected chi connectivity index (χ3v) is 9.65. The average molecular weight is 553 g/mol. The SMILES string of the molecule is C=C(CCC)C1=C(C)C=C2C/C(=C\C3=CC=C(c4ccc(C(=C)C)cc4C)C3)C(=C)C2C1c1ccc(CC)c(CC)c1. The summed E-state index contributed by atoms with van der Waals surface area (Å²) in [4.78, 5) is 0. The van der Waals surface area contributed by atoms with Crippen molar-refractivity contribution < 1.29 is 0 Å². The van der Waals surface area contributed by atoms with Gasteiger partial charge in [0, 0.05) is 11.8 Å². The highest BCUT2D eigenvalue weighted by molar-refractivity contribution is 5.77. The first-order valence-corrected chi connectivity index (χ1v) is 15.9. The summed E-state index contributed by atoms with van der Waals surface area (Å²) in [7, 11) is 0. The lowest BCUT2D eigenvalue weighted by Crippen LogP contribution is -2.21. The number of hydrogen-bond acceptors (Lipinski definition) is 0. The van der Waals surface area contributed by atoms with Crippen LogP contribution in [0.1, 0.15) is 99.6 Å². The Morgan fingerprint density at radius 2 is 1.67 bits per heavy atom. The van der Waals surface area contributed by atoms with Crippen LogP contribution in [0.15, 0.2) is 119 Å². The van der Waals surface area contributed by atoms with E-state index in [0.29, 0.717) is 5.92 Å². The van der Waals surface area contributed by atoms with Gasteiger partial charge in [-0.05, 0) is 120 Å². The highest BCUT2D eigenvalue weighted by atomic mass is 14.4. The van der Waals surface area contributed by atoms with E-state index in [4.69, 9.17) is 6.58 Å². The van der Waals surface area contributed by atoms with Crippen molar-refractivity contribution in [2.24, 2.45) is 5.92 Å². The molecule has 0 saturated heterocycles. The van der Waals surface area contributed by atoms with Gasteiger partial charge in [0.05, 0.1) is 0 Å². The molecule has 0 spiro atoms. The fraction of sp³-hybridized carbons (Fsp3) is 0.333. The van der Waals surface area contributed by atoms with Gasteiger partial charge in [0.25, 0.3) is 0 Å². The van der Waals surface area contributed by atoms with Crippen molar-refractivity contribution in [1.82, 2.24) is 0 Å². The van der Waals surface area contributed by atoms with Gasteiger partial charge in [0.2, 0.25) is 0 Å². The third kappa shape index (κ3) is 5.57. The van der Waals surface area contributed by atoms with E-state index in [-0.39, 0.29) is 5.92 Å². The molecule has 2 aromatic rings. The second-order valence-corrected chi connectivity index (χ2v) is 12.7. The average Bonchev–Trinajstić information content (AvgIpc) is 3.55. The van der Waals surface area contributed by atoms with Crippen LogP contribution in [0.5, 0.6) is 0 Å². The quantitative estimate of drug-likeness (QED) is 0.290. The molecule has 0 amide bonds. The Morgan fingerprint density at radius 3 is 2.33 bits per heavy atom. The second-order valence-electron chi connectivity index (χ2n) is 12.7. The maximum absolute atomic E-state index is 4.78. The van der Waals surface area contributed by atoms with E-state index in [0.717, 1.165) is 44.1 Å². The Hall–Kier alpha value is -3.64. The molecule has 5 rings (SSSR count). The summed E-state index contributed by atoms with van der Waals surface area (Å²) in [5.41, 5.74) is 20.4. The summed E-state index contributed by atoms with van der Waals surface area (Å²) in [5, 5.41) is 0. The molecule has 2 atom stereocenters. The molecule has 0 radical (unpaired) electrons. The fourth-order valence-corrected chi connectivity index (χ4v) is 7.48. The zero-order chi connectivity index (χ0) is 30.1. The van der Waals surface area contributed by atoms with E-state index in [2.05, 4.69) is 115 Å². The van der Waals surface area contributed by atoms with Gasteiger partial charge >= 0.3 is 0 Å². The molecular weight excluding hydrogens is 504 g/mol. The number of fused-ring (bicyclic) bond motifs is 1. The predicted octanol–water partition coefficient (Wildman–Crippen LogP) is 11.8. The first-order chi connectivity index (χ1) is 20.2. The van der Waals surface area contributed by atoms with Crippen molar-refractivity contribution in [3.8, 4) is 0 Å². The molecule has 0 aromatic heterocycles. The van der Waals surface area contributed by atoms with Crippen molar-refractivity contribution in [3.63, 3.8) is 0 Å². The van der Waals surface area contributed by atoms with Gasteiger partial charge in [0.1, 0.15) is 0 Å². The van der Waals surface area contributed by atoms with Gasteiger partial charge in [-0.25, -0.2) is 0 Å². The summed E-state index contributed by atoms with van der Waals surface area (Å²) in [6, 6.07) is 14.0. The molecule has 0 bridgehead atoms. The number of rotatable bonds is 9. The Bertz CT molecular complexity index is 1620. The molecule has 2 aromatic carbocycles. The van der Waals surface area contributed by atoms with E-state index < -0.39 is 0 Å². The molecule has 0 heteroatoms. The number of benzene rings is 2. The molecule has 3 aliphatic rings. The Kier molecular flexibility index (Phi) is 8.74. The van der Waals surface area contributed by atoms with Crippen LogP contribution in [0.3, 0.4) is 0 Å². The van der Waals surface area contributed by atoms with Gasteiger partial charge in [-0.2, -0.15) is 0 Å². The Morgan fingerprint density at radius 1 is 0.905 bits per heavy atom. The van der Waals surface area contributed by atoms with Crippen molar-refractivity contribution in [2.45, 2.75) is 86.0 Å². The summed E-state index contributed by atoms with van der Waals surface area (Å²) in [6.45, 7) is 26.9. The monoisotopic (exact) mass is 552 g/mol. The summed E-state index contributed by atoms with van der Waals surface area (Å²) in [5.74, 6) is 0.575. The van der Waals surface area contributed by atoms with Gasteiger partial charge in [-0.15, -0.1) is 0 Å². The largest absolute Gasteiger partial charge is 0.0955 e. The van der Waals surface area contributed by atoms with Crippen LogP contribution in [0.25, 0.3) is 11.1 Å². The minimum Gasteiger partial charge on any atom is -0.0955 e. The maximum atomic E-state index is 4.78. The van der Waals surface area contributed by atoms with Crippen LogP contribution >= 0.6 is 0 Å². The molecule has 1 saturated carbocycles. The zero-order valence-corrected chi connectivity index (χ0v) is 26.8. The molecule has 2 unspecified atom stereocenters. The molecule has 1 fully saturated rings. The minimum atomic E-state index is 0.277. The molecule has 0 heterocycles. The maximum Gasteiger partial charge on any atom is 0.0201 e. The van der Waals surface area contributed by atoms with E-state index in [1.165, 1.54) is 78.0 Å². The van der Waals surface area contributed by atoms with Gasteiger partial charge in [-0.3, -0.25) is 0 Å². The number of hydrogen-bond donors (Lipinski definition) is 0. The minimum absolute atomic E-state index is 0.277. The van der Waals surface area contributed by atoms with Gasteiger partial charge < -0.3 is 0 Å². The van der Waals surface area contributed by atoms with Crippen LogP contribution in [0.4, 0.5) is 0 Å². The molecule has 216 valence electrons. The lowest BCUT2D eigenvalue weighted by Gasteiger charge is -2.35. The molecule has 3 aliphatic carbocycles. The zero-order valence-electron chi connectivity index (χ0n) is 26.8. The van der Waals surface area contributed by atoms with Crippen LogP contribution in [0.2, 0.25) is 0 Å². The first kappa shape index (κ1) is 29.8. The van der Waals surface area contributed by atoms with Crippen LogP contribution in [0, 0.1) is 12.8 Å². The van der Waals surface area contributed by atoms with Crippen molar-refractivity contribution >= 4 is 11.1 Å². The van der Waals surface area contributed by atoms with Gasteiger partial charge in [0.15, 0.2) is 0 Å². The molecule has 0 aliphatic heterocycles. The fourth-order valence-electron chi connectivity index (χ4n) is 7.48. The first-order valence-electron chi connectivity index (χ1n) is 15.9. The van der Waals surface area contributed by atoms with Crippen molar-refractivity contribution in [3.05, 3.63) is 153 Å². The smallest absolute Gasteiger partial charge is 0.0201 e. The molecule has 42 heavy (non-hydrogen) atoms. The topological polar surface area (TPSA) is 0 Å². The molecule has 0 nitrogen and oxygen atoms in total. The summed E-state index contributed by atoms with van der Waals surface area (Å²) < 4.78 is 0. The number of aryl methyl sites for hydroxylation is 3. The van der Waals surface area contributed by atoms with Crippen LogP contribution in [-0.2, 0) is 12.8 Å². The van der Waals surface area contributed by atoms with E-state index in [1.54, 1.807) is 0 Å². The highest BCUT2D eigenvalue weighted by Crippen LogP contribution is 2.55. The van der Waals surface area contributed by atoms with Crippen molar-refractivity contribution in [2.75, 3.05) is 0 Å². The highest BCUT2D eigenvalue weighted by Gasteiger charge is 2.41. The lowest BCUT2D eigenvalue weighted by molar-refractivity contribution is 0.618. The standard InChI is InChI=1S/C42H48/c1-10-13-27(6)40-29(8)21-38-25-37(30(9)41(38)42(40)36-17-16-32(11-2)33(12-3)24-36)23-31-14-15-35(22-31)39-19-18-34(26(4)5)20-28(39)7/h14-21,23-24,41-42H,4,6,9-13,22,25H2,1-3,5,7-8H3/b37-23+. The second kappa shape index (κ2) is 12.3. The summed E-state index contributed by atoms with van der Waals surface area (Å²) in [6.07, 6.45) is 15.8. The van der Waals surface area contributed by atoms with Crippen molar-refractivity contribution in [1.29, 1.82) is 0 Å². The van der Waals surface area contributed by atoms with E-state index in [9.17, 15) is 0 Å². The molecular formula is C42H48. The van der Waals surface area contributed by atoms with Gasteiger partial charge in [-0.1, -0.05) is 124 Å². The van der Waals surface area contributed by atoms with E-state index >= 15 is 0 Å². The number of allylic oxidation sites excluding steroid dienone is 13. The lowest BCUT2D eigenvalue weighted by atomic mass is 9.68. The third-order valence-electron chi connectivity index (χ3n) is 9.65. The Balaban J connectivity index is 1.46. The molecule has 0 N–H and O–H groups in total. The summed E-state index contributed by atoms with van der Waals surface area (Å²) >= 11 is 0. The Labute approximate surface area is 255 Å². The normalized spacial score (nSPS) is 21.0. The van der Waals surface area contributed by atoms with Crippen LogP contribution < -0.4 is 0 Å². The predicted molar refractivity (Wildman–Crippen MR) is 185 cm³/mol. The van der Waals surface area contributed by atoms with Crippen LogP contribution in [-0.4, -0.2) is 0 Å². The van der Waals surface area contributed by atoms with E-state index in [1.807, 2.05) is 0 Å².